The lowest BCUT2D eigenvalue weighted by Gasteiger charge is -2.37. The minimum Gasteiger partial charge on any atom is -0.507 e. The molecule has 0 spiro atoms. The third-order valence-corrected chi connectivity index (χ3v) is 5.53. The van der Waals surface area contributed by atoms with Crippen LogP contribution in [0.2, 0.25) is 0 Å². The van der Waals surface area contributed by atoms with E-state index in [-0.39, 0.29) is 5.75 Å². The molecule has 2 aliphatic heterocycles. The number of rotatable bonds is 3. The number of hydrogen-bond donors (Lipinski definition) is 2. The molecule has 3 aromatic heterocycles. The summed E-state index contributed by atoms with van der Waals surface area (Å²) in [4.78, 5) is 17.4. The van der Waals surface area contributed by atoms with Gasteiger partial charge in [-0.15, -0.1) is 0 Å². The quantitative estimate of drug-likeness (QED) is 0.732. The third kappa shape index (κ3) is 3.41. The molecule has 0 saturated carbocycles. The molecule has 0 aliphatic carbocycles. The Bertz CT molecular complexity index is 982. The average Bonchev–Trinajstić information content (AvgIpc) is 3.23. The number of aromatic nitrogens is 5. The molecule has 7 heteroatoms. The van der Waals surface area contributed by atoms with Crippen LogP contribution < -0.4 is 5.32 Å². The van der Waals surface area contributed by atoms with Crippen molar-refractivity contribution in [2.45, 2.75) is 44.2 Å². The number of aromatic hydroxyl groups is 1. The van der Waals surface area contributed by atoms with Gasteiger partial charge in [0.15, 0.2) is 0 Å². The van der Waals surface area contributed by atoms with E-state index in [1.54, 1.807) is 47.9 Å². The van der Waals surface area contributed by atoms with Gasteiger partial charge in [-0.1, -0.05) is 12.0 Å². The van der Waals surface area contributed by atoms with E-state index >= 15 is 0 Å². The maximum Gasteiger partial charge on any atom is 0.141 e. The molecule has 0 amide bonds. The first-order valence-corrected chi connectivity index (χ1v) is 9.70. The highest BCUT2D eigenvalue weighted by molar-refractivity contribution is 5.66. The van der Waals surface area contributed by atoms with E-state index in [9.17, 15) is 5.11 Å². The van der Waals surface area contributed by atoms with Crippen molar-refractivity contribution < 1.29 is 5.11 Å². The molecule has 5 heterocycles. The molecule has 2 N–H and O–H groups in total. The fourth-order valence-corrected chi connectivity index (χ4v) is 4.19. The summed E-state index contributed by atoms with van der Waals surface area (Å²) < 4.78 is 1.73. The van der Waals surface area contributed by atoms with Crippen LogP contribution in [0.5, 0.6) is 5.75 Å². The summed E-state index contributed by atoms with van der Waals surface area (Å²) in [5, 5.41) is 14.1. The number of fused-ring (bicyclic) bond motifs is 2. The minimum atomic E-state index is 0.116. The predicted molar refractivity (Wildman–Crippen MR) is 106 cm³/mol. The first kappa shape index (κ1) is 17.1. The molecule has 2 saturated heterocycles. The van der Waals surface area contributed by atoms with Crippen molar-refractivity contribution in [3.8, 4) is 22.8 Å². The van der Waals surface area contributed by atoms with Crippen molar-refractivity contribution >= 4 is 6.08 Å². The number of hydrogen-bond acceptors (Lipinski definition) is 6. The Balaban J connectivity index is 1.36. The molecule has 2 aliphatic rings. The van der Waals surface area contributed by atoms with E-state index in [4.69, 9.17) is 0 Å². The van der Waals surface area contributed by atoms with Crippen LogP contribution in [0.1, 0.15) is 37.8 Å². The largest absolute Gasteiger partial charge is 0.507 e. The van der Waals surface area contributed by atoms with Gasteiger partial charge in [-0.3, -0.25) is 14.5 Å². The number of imidazole rings is 1. The summed E-state index contributed by atoms with van der Waals surface area (Å²) in [5.41, 5.74) is 3.48. The van der Waals surface area contributed by atoms with Gasteiger partial charge in [0.1, 0.15) is 17.9 Å². The number of piperidine rings is 2. The zero-order valence-electron chi connectivity index (χ0n) is 15.5. The van der Waals surface area contributed by atoms with Gasteiger partial charge in [-0.05, 0) is 31.8 Å². The molecule has 3 aromatic rings. The van der Waals surface area contributed by atoms with E-state index in [1.165, 1.54) is 24.8 Å². The van der Waals surface area contributed by atoms with Crippen molar-refractivity contribution in [2.75, 3.05) is 0 Å². The summed E-state index contributed by atoms with van der Waals surface area (Å²) in [7, 11) is 0. The highest BCUT2D eigenvalue weighted by Crippen LogP contribution is 2.31. The molecule has 142 valence electrons. The van der Waals surface area contributed by atoms with Gasteiger partial charge in [0.25, 0.3) is 0 Å². The van der Waals surface area contributed by atoms with Gasteiger partial charge in [0.2, 0.25) is 0 Å². The van der Waals surface area contributed by atoms with E-state index in [1.807, 2.05) is 0 Å². The molecule has 5 rings (SSSR count). The van der Waals surface area contributed by atoms with Crippen molar-refractivity contribution in [1.82, 2.24) is 29.8 Å². The van der Waals surface area contributed by atoms with Crippen LogP contribution in [-0.2, 0) is 0 Å². The normalized spacial score (nSPS) is 23.1. The van der Waals surface area contributed by atoms with E-state index < -0.39 is 0 Å². The Labute approximate surface area is 163 Å². The Morgan fingerprint density at radius 2 is 1.93 bits per heavy atom. The van der Waals surface area contributed by atoms with Crippen molar-refractivity contribution in [3.63, 3.8) is 0 Å². The molecule has 0 radical (unpaired) electrons. The highest BCUT2D eigenvalue weighted by Gasteiger charge is 2.27. The molecule has 2 atom stereocenters. The standard InChI is InChI=1S/C21H22N6O/c28-20-9-21(27-5-4-22-13-27)25-11-18(20)19-12-23-17(10-24-19)8-14-6-15-2-1-3-16(7-14)26-15/h4-5,8-13,15-16,26H,1-3,6-7H2,(H,25,28)/b14-8-/t15-,16+/m1/s1. The lowest BCUT2D eigenvalue weighted by molar-refractivity contribution is 0.283. The smallest absolute Gasteiger partial charge is 0.141 e. The second kappa shape index (κ2) is 7.16. The zero-order chi connectivity index (χ0) is 18.9. The molecule has 7 nitrogen and oxygen atoms in total. The van der Waals surface area contributed by atoms with Crippen LogP contribution >= 0.6 is 0 Å². The molecular formula is C21H22N6O. The van der Waals surface area contributed by atoms with E-state index in [2.05, 4.69) is 31.3 Å². The highest BCUT2D eigenvalue weighted by atomic mass is 16.3. The SMILES string of the molecule is Oc1cc(-n2ccnc2)ncc1-c1cnc(/C=C2/C[C@H]3CCC[C@@H](C2)N3)cn1. The first-order valence-electron chi connectivity index (χ1n) is 9.70. The Kier molecular flexibility index (Phi) is 4.37. The second-order valence-corrected chi connectivity index (χ2v) is 7.56. The van der Waals surface area contributed by atoms with Crippen LogP contribution in [0, 0.1) is 0 Å². The van der Waals surface area contributed by atoms with Gasteiger partial charge < -0.3 is 10.4 Å². The fourth-order valence-electron chi connectivity index (χ4n) is 4.19. The fraction of sp³-hybridized carbons (Fsp3) is 0.333. The zero-order valence-corrected chi connectivity index (χ0v) is 15.5. The molecular weight excluding hydrogens is 352 g/mol. The molecule has 28 heavy (non-hydrogen) atoms. The van der Waals surface area contributed by atoms with E-state index in [0.29, 0.717) is 29.2 Å². The lowest BCUT2D eigenvalue weighted by Crippen LogP contribution is -2.46. The Morgan fingerprint density at radius 1 is 1.07 bits per heavy atom. The number of nitrogens with one attached hydrogen (secondary N) is 1. The summed E-state index contributed by atoms with van der Waals surface area (Å²) >= 11 is 0. The van der Waals surface area contributed by atoms with Crippen LogP contribution in [-0.4, -0.2) is 41.7 Å². The van der Waals surface area contributed by atoms with Crippen LogP contribution in [0.4, 0.5) is 0 Å². The number of nitrogens with zero attached hydrogens (tertiary/aromatic N) is 5. The minimum absolute atomic E-state index is 0.116. The summed E-state index contributed by atoms with van der Waals surface area (Å²) in [6.07, 6.45) is 18.4. The van der Waals surface area contributed by atoms with E-state index in [0.717, 1.165) is 18.5 Å². The van der Waals surface area contributed by atoms with Gasteiger partial charge in [0.05, 0.1) is 29.3 Å². The van der Waals surface area contributed by atoms with Gasteiger partial charge in [0, 0.05) is 36.7 Å². The average molecular weight is 374 g/mol. The van der Waals surface area contributed by atoms with Crippen molar-refractivity contribution in [1.29, 1.82) is 0 Å². The summed E-state index contributed by atoms with van der Waals surface area (Å²) in [6, 6.07) is 2.83. The van der Waals surface area contributed by atoms with Gasteiger partial charge in [-0.25, -0.2) is 9.97 Å². The molecule has 2 bridgehead atoms. The van der Waals surface area contributed by atoms with Crippen molar-refractivity contribution in [2.24, 2.45) is 0 Å². The van der Waals surface area contributed by atoms with Gasteiger partial charge in [-0.2, -0.15) is 0 Å². The topological polar surface area (TPSA) is 88.8 Å². The maximum absolute atomic E-state index is 10.4. The van der Waals surface area contributed by atoms with Crippen LogP contribution in [0.3, 0.4) is 0 Å². The number of pyridine rings is 1. The second-order valence-electron chi connectivity index (χ2n) is 7.56. The third-order valence-electron chi connectivity index (χ3n) is 5.53. The Hall–Kier alpha value is -3.06. The lowest BCUT2D eigenvalue weighted by atomic mass is 9.83. The summed E-state index contributed by atoms with van der Waals surface area (Å²) in [5.74, 6) is 0.717. The molecule has 2 fully saturated rings. The van der Waals surface area contributed by atoms with Crippen LogP contribution in [0.15, 0.2) is 49.0 Å². The Morgan fingerprint density at radius 3 is 2.61 bits per heavy atom. The predicted octanol–water partition coefficient (Wildman–Crippen LogP) is 3.12. The maximum atomic E-state index is 10.4. The van der Waals surface area contributed by atoms with Crippen molar-refractivity contribution in [3.05, 3.63) is 54.6 Å². The molecule has 0 unspecified atom stereocenters. The first-order chi connectivity index (χ1) is 13.7. The summed E-state index contributed by atoms with van der Waals surface area (Å²) in [6.45, 7) is 0. The monoisotopic (exact) mass is 374 g/mol. The van der Waals surface area contributed by atoms with Gasteiger partial charge >= 0.3 is 0 Å². The van der Waals surface area contributed by atoms with Crippen LogP contribution in [0.25, 0.3) is 23.2 Å². The molecule has 0 aromatic carbocycles.